The highest BCUT2D eigenvalue weighted by atomic mass is 35.5. The molecule has 0 unspecified atom stereocenters. The van der Waals surface area contributed by atoms with Crippen molar-refractivity contribution in [3.8, 4) is 0 Å². The molecule has 19 heteroatoms. The maximum Gasteiger partial charge on any atom is 0.420 e. The summed E-state index contributed by atoms with van der Waals surface area (Å²) in [6.07, 6.45) is 0.157. The summed E-state index contributed by atoms with van der Waals surface area (Å²) in [6, 6.07) is 16.2. The number of fused-ring (bicyclic) bond motifs is 2. The Morgan fingerprint density at radius 3 is 1.37 bits per heavy atom. The second kappa shape index (κ2) is 17.9. The van der Waals surface area contributed by atoms with Crippen molar-refractivity contribution in [3.63, 3.8) is 0 Å². The highest BCUT2D eigenvalue weighted by Crippen LogP contribution is 2.40. The number of hydrogen-bond acceptors (Lipinski definition) is 8. The summed E-state index contributed by atoms with van der Waals surface area (Å²) in [5.74, 6) is 2.25. The highest BCUT2D eigenvalue weighted by Gasteiger charge is 2.40. The van der Waals surface area contributed by atoms with Crippen LogP contribution in [0.15, 0.2) is 67.0 Å². The van der Waals surface area contributed by atoms with Crippen LogP contribution in [0.5, 0.6) is 0 Å². The van der Waals surface area contributed by atoms with E-state index in [4.69, 9.17) is 34.8 Å². The van der Waals surface area contributed by atoms with Crippen LogP contribution in [0.25, 0.3) is 11.3 Å². The van der Waals surface area contributed by atoms with Crippen LogP contribution < -0.4 is 9.80 Å². The van der Waals surface area contributed by atoms with E-state index in [9.17, 15) is 26.3 Å². The number of alkyl halides is 6. The summed E-state index contributed by atoms with van der Waals surface area (Å²) in [4.78, 5) is 8.33. The molecule has 0 amide bonds. The monoisotopic (exact) mass is 932 g/mol. The number of benzene rings is 2. The zero-order chi connectivity index (χ0) is 44.0. The topological polar surface area (TPSA) is 73.3 Å². The van der Waals surface area contributed by atoms with E-state index in [1.54, 1.807) is 42.7 Å². The first-order valence-electron chi connectivity index (χ1n) is 21.2. The van der Waals surface area contributed by atoms with E-state index in [2.05, 4.69) is 35.1 Å². The SMILES string of the molecule is FC(F)(F)c1c(CN2CCN(c3c(Cl)cccc3Cl)CC2)ccn2c(CC3CC3)nnc12.FC(F)(F)c1c(CN2CCN(c3ccccc3Cl)CC2)ccn2c(CC3CC3)nnc12. The molecule has 2 saturated heterocycles. The van der Waals surface area contributed by atoms with E-state index in [-0.39, 0.29) is 35.5 Å². The molecule has 0 spiro atoms. The van der Waals surface area contributed by atoms with Gasteiger partial charge in [-0.2, -0.15) is 26.3 Å². The number of rotatable bonds is 10. The van der Waals surface area contributed by atoms with Crippen LogP contribution in [-0.4, -0.2) is 91.4 Å². The molecule has 4 aromatic heterocycles. The molecule has 2 aromatic carbocycles. The lowest BCUT2D eigenvalue weighted by Crippen LogP contribution is -2.46. The number of aromatic nitrogens is 6. The van der Waals surface area contributed by atoms with Crippen LogP contribution in [0.4, 0.5) is 37.7 Å². The highest BCUT2D eigenvalue weighted by molar-refractivity contribution is 6.39. The van der Waals surface area contributed by atoms with Gasteiger partial charge >= 0.3 is 12.4 Å². The van der Waals surface area contributed by atoms with Crippen LogP contribution in [-0.2, 0) is 38.3 Å². The van der Waals surface area contributed by atoms with Gasteiger partial charge in [0, 0.05) is 90.7 Å². The van der Waals surface area contributed by atoms with Gasteiger partial charge in [-0.3, -0.25) is 18.6 Å². The minimum absolute atomic E-state index is 0.0876. The second-order valence-corrected chi connectivity index (χ2v) is 18.1. The predicted octanol–water partition coefficient (Wildman–Crippen LogP) is 10.0. The Morgan fingerprint density at radius 2 is 0.937 bits per heavy atom. The van der Waals surface area contributed by atoms with Gasteiger partial charge in [-0.25, -0.2) is 0 Å². The average molecular weight is 934 g/mol. The van der Waals surface area contributed by atoms with Crippen molar-refractivity contribution < 1.29 is 26.3 Å². The van der Waals surface area contributed by atoms with Crippen molar-refractivity contribution in [1.82, 2.24) is 39.0 Å². The molecule has 10 rings (SSSR count). The number of piperazine rings is 2. The van der Waals surface area contributed by atoms with E-state index in [1.165, 1.54) is 8.80 Å². The molecule has 0 N–H and O–H groups in total. The first-order valence-corrected chi connectivity index (χ1v) is 22.3. The summed E-state index contributed by atoms with van der Waals surface area (Å²) in [5, 5.41) is 17.8. The standard InChI is InChI=1S/C22H22Cl2F3N5.C22H23ClF3N5/c23-16-2-1-3-17(24)20(16)31-10-8-30(9-11-31)13-15-6-7-32-18(12-14-4-5-14)28-29-21(32)19(15)22(25,26)27;23-17-3-1-2-4-18(17)30-11-9-29(10-12-30)14-16-7-8-31-19(13-15-5-6-15)27-28-21(31)20(16)22(24,25)26/h1-3,6-7,14H,4-5,8-13H2;1-4,7-8,15H,5-6,9-14H2. The molecule has 4 aliphatic rings. The number of pyridine rings is 2. The maximum absolute atomic E-state index is 14.1. The fourth-order valence-electron chi connectivity index (χ4n) is 8.66. The minimum Gasteiger partial charge on any atom is -0.368 e. The van der Waals surface area contributed by atoms with Crippen molar-refractivity contribution in [3.05, 3.63) is 116 Å². The van der Waals surface area contributed by atoms with E-state index in [0.717, 1.165) is 37.1 Å². The normalized spacial score (nSPS) is 18.0. The lowest BCUT2D eigenvalue weighted by molar-refractivity contribution is -0.138. The average Bonchev–Trinajstić information content (AvgIpc) is 4.17. The van der Waals surface area contributed by atoms with Crippen molar-refractivity contribution in [2.45, 2.75) is 64.0 Å². The molecule has 0 bridgehead atoms. The largest absolute Gasteiger partial charge is 0.420 e. The number of halogens is 9. The third kappa shape index (κ3) is 9.85. The van der Waals surface area contributed by atoms with Gasteiger partial charge in [0.25, 0.3) is 0 Å². The van der Waals surface area contributed by atoms with E-state index in [1.807, 2.05) is 29.2 Å². The van der Waals surface area contributed by atoms with Crippen LogP contribution >= 0.6 is 34.8 Å². The zero-order valence-corrected chi connectivity index (χ0v) is 36.5. The smallest absolute Gasteiger partial charge is 0.368 e. The van der Waals surface area contributed by atoms with Crippen LogP contribution in [0.3, 0.4) is 0 Å². The Bertz CT molecular complexity index is 2550. The Labute approximate surface area is 375 Å². The first kappa shape index (κ1) is 43.9. The van der Waals surface area contributed by atoms with Gasteiger partial charge in [-0.15, -0.1) is 20.4 Å². The van der Waals surface area contributed by atoms with Gasteiger partial charge in [0.1, 0.15) is 22.8 Å². The van der Waals surface area contributed by atoms with Gasteiger partial charge in [0.05, 0.1) is 26.4 Å². The predicted molar refractivity (Wildman–Crippen MR) is 232 cm³/mol. The van der Waals surface area contributed by atoms with Crippen molar-refractivity contribution in [1.29, 1.82) is 0 Å². The van der Waals surface area contributed by atoms with Gasteiger partial charge in [0.15, 0.2) is 11.3 Å². The molecular formula is C44H45Cl3F6N10. The Morgan fingerprint density at radius 1 is 0.508 bits per heavy atom. The lowest BCUT2D eigenvalue weighted by atomic mass is 10.1. The number of para-hydroxylation sites is 2. The van der Waals surface area contributed by atoms with E-state index >= 15 is 0 Å². The Balaban J connectivity index is 0.000000160. The molecule has 0 radical (unpaired) electrons. The molecule has 2 aliphatic heterocycles. The third-order valence-electron chi connectivity index (χ3n) is 12.4. The van der Waals surface area contributed by atoms with Crippen LogP contribution in [0, 0.1) is 11.8 Å². The van der Waals surface area contributed by atoms with Gasteiger partial charge < -0.3 is 9.80 Å². The Hall–Kier alpha value is -4.35. The van der Waals surface area contributed by atoms with Crippen molar-refractivity contribution in [2.75, 3.05) is 62.2 Å². The molecule has 2 saturated carbocycles. The fourth-order valence-corrected chi connectivity index (χ4v) is 9.55. The van der Waals surface area contributed by atoms with E-state index in [0.29, 0.717) is 104 Å². The van der Waals surface area contributed by atoms with Gasteiger partial charge in [-0.05, 0) is 85.0 Å². The molecule has 6 heterocycles. The quantitative estimate of drug-likeness (QED) is 0.126. The molecule has 0 atom stereocenters. The molecule has 334 valence electrons. The molecule has 63 heavy (non-hydrogen) atoms. The number of nitrogens with zero attached hydrogens (tertiary/aromatic N) is 10. The first-order chi connectivity index (χ1) is 30.2. The molecule has 4 fully saturated rings. The summed E-state index contributed by atoms with van der Waals surface area (Å²) < 4.78 is 87.2. The molecule has 2 aliphatic carbocycles. The number of hydrogen-bond donors (Lipinski definition) is 0. The van der Waals surface area contributed by atoms with Crippen LogP contribution in [0.2, 0.25) is 15.1 Å². The summed E-state index contributed by atoms with van der Waals surface area (Å²) in [5.41, 5.74) is 0.662. The van der Waals surface area contributed by atoms with Gasteiger partial charge in [0.2, 0.25) is 0 Å². The second-order valence-electron chi connectivity index (χ2n) is 16.9. The summed E-state index contributed by atoms with van der Waals surface area (Å²) in [6.45, 7) is 5.63. The third-order valence-corrected chi connectivity index (χ3v) is 13.3. The van der Waals surface area contributed by atoms with Gasteiger partial charge in [-0.1, -0.05) is 53.0 Å². The minimum atomic E-state index is -4.51. The van der Waals surface area contributed by atoms with Crippen LogP contribution in [0.1, 0.15) is 59.6 Å². The van der Waals surface area contributed by atoms with E-state index < -0.39 is 23.5 Å². The fraction of sp³-hybridized carbons (Fsp3) is 0.455. The molecule has 10 nitrogen and oxygen atoms in total. The zero-order valence-electron chi connectivity index (χ0n) is 34.2. The van der Waals surface area contributed by atoms with Crippen molar-refractivity contribution >= 4 is 57.5 Å². The van der Waals surface area contributed by atoms with Crippen molar-refractivity contribution in [2.24, 2.45) is 11.8 Å². The molecular weight excluding hydrogens is 889 g/mol. The summed E-state index contributed by atoms with van der Waals surface area (Å²) >= 11 is 18.9. The maximum atomic E-state index is 14.1. The Kier molecular flexibility index (Phi) is 12.5. The molecule has 6 aromatic rings. The lowest BCUT2D eigenvalue weighted by Gasteiger charge is -2.37. The summed E-state index contributed by atoms with van der Waals surface area (Å²) in [7, 11) is 0. The number of anilines is 2.